The van der Waals surface area contributed by atoms with Crippen LogP contribution in [0.4, 0.5) is 13.2 Å². The number of primary amides is 1. The average Bonchev–Trinajstić information content (AvgIpc) is 3.23. The average molecular weight is 820 g/mol. The second-order valence-electron chi connectivity index (χ2n) is 14.2. The van der Waals surface area contributed by atoms with Gasteiger partial charge < -0.3 is 27.0 Å². The van der Waals surface area contributed by atoms with Gasteiger partial charge in [-0.1, -0.05) is 133 Å². The molecule has 5 aromatic rings. The van der Waals surface area contributed by atoms with E-state index in [1.807, 2.05) is 42.5 Å². The van der Waals surface area contributed by atoms with Crippen molar-refractivity contribution in [1.29, 1.82) is 0 Å². The van der Waals surface area contributed by atoms with Gasteiger partial charge in [0.15, 0.2) is 0 Å². The zero-order chi connectivity index (χ0) is 43.2. The highest BCUT2D eigenvalue weighted by molar-refractivity contribution is 6.38. The van der Waals surface area contributed by atoms with Crippen LogP contribution in [0.25, 0.3) is 11.1 Å². The molecule has 0 aliphatic carbocycles. The van der Waals surface area contributed by atoms with Crippen LogP contribution in [-0.2, 0) is 60.6 Å². The van der Waals surface area contributed by atoms with Gasteiger partial charge >= 0.3 is 6.18 Å². The molecule has 5 amide bonds. The number of hydrogen-bond acceptors (Lipinski definition) is 6. The van der Waals surface area contributed by atoms with E-state index in [2.05, 4.69) is 21.3 Å². The number of halogens is 3. The molecule has 5 rings (SSSR count). The molecule has 4 atom stereocenters. The number of benzene rings is 5. The van der Waals surface area contributed by atoms with Crippen LogP contribution < -0.4 is 27.0 Å². The molecule has 0 aliphatic heterocycles. The monoisotopic (exact) mass is 819 g/mol. The summed E-state index contributed by atoms with van der Waals surface area (Å²) in [6.45, 7) is 1.24. The van der Waals surface area contributed by atoms with E-state index in [1.165, 1.54) is 13.0 Å². The van der Waals surface area contributed by atoms with Crippen LogP contribution in [-0.4, -0.2) is 59.5 Å². The van der Waals surface area contributed by atoms with Crippen LogP contribution in [0.5, 0.6) is 0 Å². The largest absolute Gasteiger partial charge is 0.416 e. The van der Waals surface area contributed by atoms with E-state index >= 15 is 0 Å². The Labute approximate surface area is 345 Å². The maximum absolute atomic E-state index is 13.8. The van der Waals surface area contributed by atoms with E-state index < -0.39 is 77.6 Å². The molecule has 310 valence electrons. The van der Waals surface area contributed by atoms with Crippen molar-refractivity contribution in [3.05, 3.63) is 167 Å². The van der Waals surface area contributed by atoms with Crippen molar-refractivity contribution in [3.63, 3.8) is 0 Å². The van der Waals surface area contributed by atoms with E-state index in [0.717, 1.165) is 29.3 Å². The fraction of sp³-hybridized carbons (Fsp3) is 0.217. The van der Waals surface area contributed by atoms with Gasteiger partial charge in [0, 0.05) is 19.3 Å². The predicted octanol–water partition coefficient (Wildman–Crippen LogP) is 4.66. The molecule has 60 heavy (non-hydrogen) atoms. The van der Waals surface area contributed by atoms with Gasteiger partial charge in [-0.2, -0.15) is 13.2 Å². The fourth-order valence-corrected chi connectivity index (χ4v) is 6.41. The molecular weight excluding hydrogens is 776 g/mol. The van der Waals surface area contributed by atoms with Crippen molar-refractivity contribution in [2.75, 3.05) is 0 Å². The molecule has 14 heteroatoms. The van der Waals surface area contributed by atoms with Crippen LogP contribution in [0.1, 0.15) is 34.7 Å². The number of Topliss-reactive ketones (excluding diaryl/α,β-unsaturated/α-hetero) is 1. The molecule has 5 aromatic carbocycles. The lowest BCUT2D eigenvalue weighted by atomic mass is 9.99. The number of rotatable bonds is 18. The quantitative estimate of drug-likeness (QED) is 0.0804. The Morgan fingerprint density at radius 2 is 1.02 bits per heavy atom. The summed E-state index contributed by atoms with van der Waals surface area (Å²) in [4.78, 5) is 79.9. The number of carbonyl (C=O) groups is 6. The second-order valence-corrected chi connectivity index (χ2v) is 14.2. The number of nitrogens with one attached hydrogen (secondary N) is 4. The zero-order valence-corrected chi connectivity index (χ0v) is 32.6. The first-order valence-electron chi connectivity index (χ1n) is 19.1. The van der Waals surface area contributed by atoms with Gasteiger partial charge in [0.05, 0.1) is 18.0 Å². The smallest absolute Gasteiger partial charge is 0.368 e. The van der Waals surface area contributed by atoms with Crippen LogP contribution in [0.2, 0.25) is 0 Å². The molecule has 4 unspecified atom stereocenters. The predicted molar refractivity (Wildman–Crippen MR) is 219 cm³/mol. The van der Waals surface area contributed by atoms with Crippen molar-refractivity contribution in [1.82, 2.24) is 21.3 Å². The molecule has 0 bridgehead atoms. The van der Waals surface area contributed by atoms with Gasteiger partial charge in [0.2, 0.25) is 29.4 Å². The van der Waals surface area contributed by atoms with Gasteiger partial charge in [-0.3, -0.25) is 28.8 Å². The first-order valence-corrected chi connectivity index (χ1v) is 19.1. The van der Waals surface area contributed by atoms with Gasteiger partial charge in [0.1, 0.15) is 18.1 Å². The number of hydrogen-bond donors (Lipinski definition) is 5. The van der Waals surface area contributed by atoms with Gasteiger partial charge in [0.25, 0.3) is 5.91 Å². The summed E-state index contributed by atoms with van der Waals surface area (Å²) >= 11 is 0. The van der Waals surface area contributed by atoms with Crippen molar-refractivity contribution in [2.45, 2.75) is 63.0 Å². The minimum Gasteiger partial charge on any atom is -0.368 e. The van der Waals surface area contributed by atoms with Gasteiger partial charge in [-0.15, -0.1) is 0 Å². The Morgan fingerprint density at radius 3 is 1.62 bits per heavy atom. The van der Waals surface area contributed by atoms with Crippen molar-refractivity contribution in [2.24, 2.45) is 5.73 Å². The summed E-state index contributed by atoms with van der Waals surface area (Å²) in [6.07, 6.45) is -5.26. The lowest BCUT2D eigenvalue weighted by Gasteiger charge is -2.24. The van der Waals surface area contributed by atoms with E-state index in [9.17, 15) is 41.9 Å². The van der Waals surface area contributed by atoms with Gasteiger partial charge in [-0.25, -0.2) is 0 Å². The minimum atomic E-state index is -4.72. The molecule has 11 nitrogen and oxygen atoms in total. The summed E-state index contributed by atoms with van der Waals surface area (Å²) in [7, 11) is 0. The van der Waals surface area contributed by atoms with Crippen molar-refractivity contribution < 1.29 is 41.9 Å². The summed E-state index contributed by atoms with van der Waals surface area (Å²) in [6, 6.07) is 32.8. The highest BCUT2D eigenvalue weighted by Gasteiger charge is 2.34. The van der Waals surface area contributed by atoms with Crippen molar-refractivity contribution in [3.8, 4) is 11.1 Å². The molecule has 0 spiro atoms. The highest BCUT2D eigenvalue weighted by Crippen LogP contribution is 2.30. The lowest BCUT2D eigenvalue weighted by Crippen LogP contribution is -2.57. The topological polar surface area (TPSA) is 177 Å². The SMILES string of the molecule is CC(NC(=O)C(Cc1ccccc1)NC(=O)Cc1ccccc1)C(=O)C(=O)NC(Cc1cccc(C(F)(F)F)c1)C(=O)NC(Cc1ccc(-c2ccccc2)cc1)C(N)=O. The summed E-state index contributed by atoms with van der Waals surface area (Å²) in [5.74, 6) is -5.69. The summed E-state index contributed by atoms with van der Waals surface area (Å²) < 4.78 is 40.8. The maximum Gasteiger partial charge on any atom is 0.416 e. The van der Waals surface area contributed by atoms with Crippen LogP contribution >= 0.6 is 0 Å². The third kappa shape index (κ3) is 13.0. The Kier molecular flexibility index (Phi) is 15.1. The van der Waals surface area contributed by atoms with E-state index in [1.54, 1.807) is 72.8 Å². The Bertz CT molecular complexity index is 2270. The molecule has 0 saturated carbocycles. The number of nitrogens with two attached hydrogens (primary N) is 1. The summed E-state index contributed by atoms with van der Waals surface area (Å²) in [5, 5.41) is 9.93. The van der Waals surface area contributed by atoms with E-state index in [-0.39, 0.29) is 24.8 Å². The van der Waals surface area contributed by atoms with Crippen molar-refractivity contribution >= 4 is 35.3 Å². The number of amides is 5. The molecule has 0 radical (unpaired) electrons. The molecule has 0 fully saturated rings. The Hall–Kier alpha value is -7.09. The van der Waals surface area contributed by atoms with Crippen LogP contribution in [0.3, 0.4) is 0 Å². The molecule has 0 saturated heterocycles. The van der Waals surface area contributed by atoms with E-state index in [4.69, 9.17) is 5.73 Å². The maximum atomic E-state index is 13.8. The standard InChI is InChI=1S/C46H44F3N5O6/c1-29(51-43(58)38(26-30-12-5-2-6-13-30)52-40(55)28-31-14-7-3-8-15-31)41(56)45(60)54-39(27-33-16-11-19-36(24-33)46(47,48)49)44(59)53-37(42(50)57)25-32-20-22-35(23-21-32)34-17-9-4-10-18-34/h2-24,29,37-39H,25-28H2,1H3,(H2,50,57)(H,51,58)(H,52,55)(H,53,59)(H,54,60). The fourth-order valence-electron chi connectivity index (χ4n) is 6.41. The summed E-state index contributed by atoms with van der Waals surface area (Å²) in [5.41, 5.74) is 8.54. The minimum absolute atomic E-state index is 0.0128. The molecule has 6 N–H and O–H groups in total. The molecule has 0 heterocycles. The Balaban J connectivity index is 1.30. The first kappa shape index (κ1) is 44.0. The normalized spacial score (nSPS) is 13.1. The Morgan fingerprint density at radius 1 is 0.533 bits per heavy atom. The van der Waals surface area contributed by atoms with Gasteiger partial charge in [-0.05, 0) is 46.4 Å². The molecule has 0 aliphatic rings. The number of carbonyl (C=O) groups excluding carboxylic acids is 6. The highest BCUT2D eigenvalue weighted by atomic mass is 19.4. The van der Waals surface area contributed by atoms with E-state index in [0.29, 0.717) is 16.7 Å². The lowest BCUT2D eigenvalue weighted by molar-refractivity contribution is -0.141. The molecular formula is C46H44F3N5O6. The first-order chi connectivity index (χ1) is 28.7. The zero-order valence-electron chi connectivity index (χ0n) is 32.6. The number of alkyl halides is 3. The second kappa shape index (κ2) is 20.6. The third-order valence-corrected chi connectivity index (χ3v) is 9.59. The van der Waals surface area contributed by atoms with Crippen LogP contribution in [0, 0.1) is 0 Å². The number of ketones is 1. The van der Waals surface area contributed by atoms with Crippen LogP contribution in [0.15, 0.2) is 140 Å². The molecule has 0 aromatic heterocycles. The third-order valence-electron chi connectivity index (χ3n) is 9.59.